The molecule has 9 heteroatoms. The lowest BCUT2D eigenvalue weighted by molar-refractivity contribution is -0.164. The summed E-state index contributed by atoms with van der Waals surface area (Å²) in [4.78, 5) is 27.7. The van der Waals surface area contributed by atoms with Gasteiger partial charge in [-0.05, 0) is 19.1 Å². The van der Waals surface area contributed by atoms with E-state index in [9.17, 15) is 23.1 Å². The van der Waals surface area contributed by atoms with E-state index < -0.39 is 28.7 Å². The zero-order valence-corrected chi connectivity index (χ0v) is 14.9. The number of likely N-dealkylation sites (N-methyl/N-ethyl adjacent to an activating group) is 1. The number of aryl methyl sites for hydroxylation is 1. The van der Waals surface area contributed by atoms with Crippen molar-refractivity contribution < 1.29 is 23.1 Å². The maximum Gasteiger partial charge on any atom is 0.248 e. The van der Waals surface area contributed by atoms with Crippen LogP contribution < -0.4 is 0 Å². The maximum atomic E-state index is 12.8. The van der Waals surface area contributed by atoms with Crippen LogP contribution in [0.15, 0.2) is 29.2 Å². The van der Waals surface area contributed by atoms with Crippen LogP contribution in [0.1, 0.15) is 5.56 Å². The van der Waals surface area contributed by atoms with Gasteiger partial charge in [0.2, 0.25) is 21.8 Å². The van der Waals surface area contributed by atoms with E-state index in [-0.39, 0.29) is 36.3 Å². The van der Waals surface area contributed by atoms with Crippen LogP contribution in [0, 0.1) is 6.92 Å². The molecular formula is C16H21N3O5S. The number of carbonyl (C=O) groups excluding carboxylic acids is 2. The van der Waals surface area contributed by atoms with Gasteiger partial charge in [0.1, 0.15) is 12.1 Å². The molecule has 136 valence electrons. The highest BCUT2D eigenvalue weighted by Gasteiger charge is 2.48. The summed E-state index contributed by atoms with van der Waals surface area (Å²) in [6, 6.07) is 4.77. The Morgan fingerprint density at radius 2 is 1.76 bits per heavy atom. The van der Waals surface area contributed by atoms with Crippen molar-refractivity contribution in [3.05, 3.63) is 29.8 Å². The Morgan fingerprint density at radius 1 is 1.12 bits per heavy atom. The van der Waals surface area contributed by atoms with Crippen LogP contribution >= 0.6 is 0 Å². The summed E-state index contributed by atoms with van der Waals surface area (Å²) in [5, 5.41) is 9.34. The normalized spacial score (nSPS) is 25.2. The molecule has 25 heavy (non-hydrogen) atoms. The summed E-state index contributed by atoms with van der Waals surface area (Å²) < 4.78 is 26.9. The van der Waals surface area contributed by atoms with E-state index in [1.165, 1.54) is 21.2 Å². The van der Waals surface area contributed by atoms with E-state index in [0.717, 1.165) is 5.56 Å². The van der Waals surface area contributed by atoms with Gasteiger partial charge in [0.25, 0.3) is 0 Å². The SMILES string of the molecule is Cc1ccc(S(=O)(=O)N2CCN3C(=O)[C@H](CO)N(C)C(=O)[C@H]3C2)cc1. The smallest absolute Gasteiger partial charge is 0.248 e. The van der Waals surface area contributed by atoms with E-state index in [1.807, 2.05) is 6.92 Å². The van der Waals surface area contributed by atoms with Crippen LogP contribution in [0.2, 0.25) is 0 Å². The number of benzene rings is 1. The number of rotatable bonds is 3. The largest absolute Gasteiger partial charge is 0.394 e. The molecule has 1 aromatic rings. The molecule has 2 fully saturated rings. The van der Waals surface area contributed by atoms with Gasteiger partial charge in [0, 0.05) is 26.7 Å². The first kappa shape index (κ1) is 17.8. The molecule has 0 unspecified atom stereocenters. The lowest BCUT2D eigenvalue weighted by atomic mass is 10.0. The molecule has 0 aromatic heterocycles. The number of fused-ring (bicyclic) bond motifs is 1. The summed E-state index contributed by atoms with van der Waals surface area (Å²) >= 11 is 0. The quantitative estimate of drug-likeness (QED) is 0.741. The van der Waals surface area contributed by atoms with Gasteiger partial charge in [0.15, 0.2) is 0 Å². The van der Waals surface area contributed by atoms with Gasteiger partial charge in [0.05, 0.1) is 11.5 Å². The van der Waals surface area contributed by atoms with E-state index >= 15 is 0 Å². The van der Waals surface area contributed by atoms with Crippen LogP contribution in [0.5, 0.6) is 0 Å². The van der Waals surface area contributed by atoms with Gasteiger partial charge in [-0.25, -0.2) is 8.42 Å². The lowest BCUT2D eigenvalue weighted by Crippen LogP contribution is -2.70. The van der Waals surface area contributed by atoms with Gasteiger partial charge in [-0.3, -0.25) is 9.59 Å². The van der Waals surface area contributed by atoms with Crippen molar-refractivity contribution in [1.29, 1.82) is 0 Å². The van der Waals surface area contributed by atoms with E-state index in [2.05, 4.69) is 0 Å². The average molecular weight is 367 g/mol. The number of piperazine rings is 2. The molecule has 0 spiro atoms. The second-order valence-corrected chi connectivity index (χ2v) is 8.31. The summed E-state index contributed by atoms with van der Waals surface area (Å²) in [7, 11) is -2.28. The number of carbonyl (C=O) groups is 2. The minimum Gasteiger partial charge on any atom is -0.394 e. The summed E-state index contributed by atoms with van der Waals surface area (Å²) in [5.41, 5.74) is 0.952. The first-order valence-corrected chi connectivity index (χ1v) is 9.46. The first-order chi connectivity index (χ1) is 11.8. The summed E-state index contributed by atoms with van der Waals surface area (Å²) in [6.45, 7) is 1.59. The number of aliphatic hydroxyl groups excluding tert-OH is 1. The van der Waals surface area contributed by atoms with E-state index in [0.29, 0.717) is 0 Å². The molecule has 0 saturated carbocycles. The van der Waals surface area contributed by atoms with Crippen molar-refractivity contribution in [2.75, 3.05) is 33.3 Å². The lowest BCUT2D eigenvalue weighted by Gasteiger charge is -2.47. The molecule has 2 heterocycles. The van der Waals surface area contributed by atoms with Crippen LogP contribution in [-0.2, 0) is 19.6 Å². The molecule has 8 nitrogen and oxygen atoms in total. The average Bonchev–Trinajstić information content (AvgIpc) is 2.60. The fourth-order valence-corrected chi connectivity index (χ4v) is 4.69. The summed E-state index contributed by atoms with van der Waals surface area (Å²) in [5.74, 6) is -0.704. The number of amides is 2. The highest BCUT2D eigenvalue weighted by Crippen LogP contribution is 2.25. The zero-order chi connectivity index (χ0) is 18.4. The Balaban J connectivity index is 1.86. The Labute approximate surface area is 146 Å². The Kier molecular flexibility index (Phi) is 4.56. The number of aliphatic hydroxyl groups is 1. The molecule has 1 N–H and O–H groups in total. The third-order valence-corrected chi connectivity index (χ3v) is 6.72. The minimum atomic E-state index is -3.73. The second kappa shape index (κ2) is 6.40. The number of hydrogen-bond acceptors (Lipinski definition) is 5. The molecule has 3 rings (SSSR count). The van der Waals surface area contributed by atoms with Gasteiger partial charge in [-0.2, -0.15) is 4.31 Å². The third kappa shape index (κ3) is 2.92. The Morgan fingerprint density at radius 3 is 2.36 bits per heavy atom. The molecule has 0 radical (unpaired) electrons. The van der Waals surface area contributed by atoms with Crippen LogP contribution in [0.4, 0.5) is 0 Å². The van der Waals surface area contributed by atoms with Gasteiger partial charge in [-0.1, -0.05) is 17.7 Å². The predicted octanol–water partition coefficient (Wildman–Crippen LogP) is -0.971. The van der Waals surface area contributed by atoms with Crippen molar-refractivity contribution in [3.8, 4) is 0 Å². The highest BCUT2D eigenvalue weighted by atomic mass is 32.2. The van der Waals surface area contributed by atoms with E-state index in [1.54, 1.807) is 24.3 Å². The van der Waals surface area contributed by atoms with Gasteiger partial charge in [-0.15, -0.1) is 0 Å². The predicted molar refractivity (Wildman–Crippen MR) is 89.1 cm³/mol. The molecule has 2 aliphatic heterocycles. The first-order valence-electron chi connectivity index (χ1n) is 8.02. The van der Waals surface area contributed by atoms with Gasteiger partial charge >= 0.3 is 0 Å². The Hall–Kier alpha value is -1.97. The van der Waals surface area contributed by atoms with Crippen molar-refractivity contribution in [3.63, 3.8) is 0 Å². The molecule has 0 bridgehead atoms. The summed E-state index contributed by atoms with van der Waals surface area (Å²) in [6.07, 6.45) is 0. The molecule has 2 saturated heterocycles. The minimum absolute atomic E-state index is 0.0801. The third-order valence-electron chi connectivity index (χ3n) is 4.84. The number of sulfonamides is 1. The fraction of sp³-hybridized carbons (Fsp3) is 0.500. The van der Waals surface area contributed by atoms with Crippen LogP contribution in [0.3, 0.4) is 0 Å². The monoisotopic (exact) mass is 367 g/mol. The molecule has 2 amide bonds. The van der Waals surface area contributed by atoms with Crippen molar-refractivity contribution >= 4 is 21.8 Å². The highest BCUT2D eigenvalue weighted by molar-refractivity contribution is 7.89. The maximum absolute atomic E-state index is 12.8. The standard InChI is InChI=1S/C16H21N3O5S/c1-11-3-5-12(6-4-11)25(23,24)18-7-8-19-13(9-18)15(21)17(2)14(10-20)16(19)22/h3-6,13-14,20H,7-10H2,1-2H3/t13-,14+/m1/s1. The zero-order valence-electron chi connectivity index (χ0n) is 14.1. The van der Waals surface area contributed by atoms with Gasteiger partial charge < -0.3 is 14.9 Å². The number of nitrogens with zero attached hydrogens (tertiary/aromatic N) is 3. The fourth-order valence-electron chi connectivity index (χ4n) is 3.26. The van der Waals surface area contributed by atoms with Crippen LogP contribution in [-0.4, -0.2) is 84.8 Å². The number of hydrogen-bond donors (Lipinski definition) is 1. The molecule has 2 aliphatic rings. The topological polar surface area (TPSA) is 98.2 Å². The van der Waals surface area contributed by atoms with Crippen molar-refractivity contribution in [1.82, 2.24) is 14.1 Å². The molecule has 0 aliphatic carbocycles. The van der Waals surface area contributed by atoms with Crippen LogP contribution in [0.25, 0.3) is 0 Å². The van der Waals surface area contributed by atoms with Crippen molar-refractivity contribution in [2.24, 2.45) is 0 Å². The van der Waals surface area contributed by atoms with E-state index in [4.69, 9.17) is 0 Å². The molecular weight excluding hydrogens is 346 g/mol. The van der Waals surface area contributed by atoms with Crippen molar-refractivity contribution in [2.45, 2.75) is 23.9 Å². The second-order valence-electron chi connectivity index (χ2n) is 6.37. The molecule has 2 atom stereocenters. The molecule has 1 aromatic carbocycles. The Bertz CT molecular complexity index is 792.